The molecule has 3 heterocycles. The highest BCUT2D eigenvalue weighted by atomic mass is 15.0. The smallest absolute Gasteiger partial charge is 0.140 e. The van der Waals surface area contributed by atoms with Gasteiger partial charge in [0.15, 0.2) is 0 Å². The molecule has 1 aromatic carbocycles. The van der Waals surface area contributed by atoms with Crippen LogP contribution in [0.1, 0.15) is 61.3 Å². The van der Waals surface area contributed by atoms with Crippen LogP contribution >= 0.6 is 0 Å². The van der Waals surface area contributed by atoms with Gasteiger partial charge < -0.3 is 14.9 Å². The number of H-pyrrole nitrogens is 1. The highest BCUT2D eigenvalue weighted by molar-refractivity contribution is 5.89. The predicted molar refractivity (Wildman–Crippen MR) is 120 cm³/mol. The summed E-state index contributed by atoms with van der Waals surface area (Å²) in [6, 6.07) is 11.1. The number of rotatable bonds is 3. The normalized spacial score (nSPS) is 17.3. The van der Waals surface area contributed by atoms with Gasteiger partial charge in [-0.15, -0.1) is 0 Å². The Morgan fingerprint density at radius 2 is 1.90 bits per heavy atom. The van der Waals surface area contributed by atoms with Crippen LogP contribution in [0.4, 0.5) is 11.5 Å². The average molecular weight is 385 g/mol. The fraction of sp³-hybridized carbons (Fsp3) is 0.400. The zero-order valence-electron chi connectivity index (χ0n) is 17.1. The van der Waals surface area contributed by atoms with Gasteiger partial charge in [0.1, 0.15) is 11.5 Å². The lowest BCUT2D eigenvalue weighted by Crippen LogP contribution is -2.03. The Labute approximate surface area is 171 Å². The van der Waals surface area contributed by atoms with E-state index in [-0.39, 0.29) is 0 Å². The maximum absolute atomic E-state index is 4.86. The van der Waals surface area contributed by atoms with Gasteiger partial charge in [0.2, 0.25) is 0 Å². The molecule has 0 aliphatic heterocycles. The maximum atomic E-state index is 4.86. The second-order valence-corrected chi connectivity index (χ2v) is 8.92. The fourth-order valence-electron chi connectivity index (χ4n) is 5.58. The van der Waals surface area contributed by atoms with Gasteiger partial charge in [0.05, 0.1) is 0 Å². The van der Waals surface area contributed by atoms with Crippen molar-refractivity contribution in [2.24, 2.45) is 7.05 Å². The Hall–Kier alpha value is -2.75. The van der Waals surface area contributed by atoms with Crippen molar-refractivity contribution in [3.63, 3.8) is 0 Å². The van der Waals surface area contributed by atoms with E-state index in [1.165, 1.54) is 78.1 Å². The molecular weight excluding hydrogens is 356 g/mol. The molecule has 3 aromatic heterocycles. The number of nitrogens with zero attached hydrogens (tertiary/aromatic N) is 2. The first-order valence-electron chi connectivity index (χ1n) is 11.1. The Morgan fingerprint density at radius 3 is 2.79 bits per heavy atom. The van der Waals surface area contributed by atoms with E-state index in [1.807, 2.05) is 0 Å². The summed E-state index contributed by atoms with van der Waals surface area (Å²) in [6.07, 6.45) is 12.7. The summed E-state index contributed by atoms with van der Waals surface area (Å²) in [4.78, 5) is 8.39. The molecule has 0 unspecified atom stereocenters. The Balaban J connectivity index is 1.35. The van der Waals surface area contributed by atoms with E-state index in [4.69, 9.17) is 4.98 Å². The van der Waals surface area contributed by atoms with Crippen LogP contribution in [0.3, 0.4) is 0 Å². The summed E-state index contributed by atoms with van der Waals surface area (Å²) in [5.74, 6) is 1.62. The summed E-state index contributed by atoms with van der Waals surface area (Å²) in [5.41, 5.74) is 7.83. The van der Waals surface area contributed by atoms with E-state index in [2.05, 4.69) is 58.4 Å². The van der Waals surface area contributed by atoms with Gasteiger partial charge in [-0.2, -0.15) is 0 Å². The summed E-state index contributed by atoms with van der Waals surface area (Å²) in [7, 11) is 2.17. The molecule has 4 aromatic rings. The molecule has 0 saturated heterocycles. The van der Waals surface area contributed by atoms with Gasteiger partial charge in [0.25, 0.3) is 0 Å². The zero-order chi connectivity index (χ0) is 19.4. The van der Waals surface area contributed by atoms with Crippen LogP contribution in [0.5, 0.6) is 0 Å². The molecule has 2 N–H and O–H groups in total. The van der Waals surface area contributed by atoms with E-state index in [0.717, 1.165) is 23.6 Å². The zero-order valence-corrected chi connectivity index (χ0v) is 17.1. The van der Waals surface area contributed by atoms with Gasteiger partial charge in [-0.05, 0) is 79.5 Å². The lowest BCUT2D eigenvalue weighted by atomic mass is 9.84. The topological polar surface area (TPSA) is 45.6 Å². The van der Waals surface area contributed by atoms with Gasteiger partial charge in [-0.25, -0.2) is 4.98 Å². The van der Waals surface area contributed by atoms with Crippen LogP contribution in [0.15, 0.2) is 36.5 Å². The second-order valence-electron chi connectivity index (χ2n) is 8.92. The first-order valence-corrected chi connectivity index (χ1v) is 11.1. The summed E-state index contributed by atoms with van der Waals surface area (Å²) >= 11 is 0. The lowest BCUT2D eigenvalue weighted by Gasteiger charge is -2.21. The van der Waals surface area contributed by atoms with E-state index in [9.17, 15) is 0 Å². The van der Waals surface area contributed by atoms with Crippen LogP contribution in [-0.4, -0.2) is 14.5 Å². The van der Waals surface area contributed by atoms with Crippen LogP contribution in [0.25, 0.3) is 21.9 Å². The van der Waals surface area contributed by atoms with Crippen molar-refractivity contribution in [1.82, 2.24) is 14.5 Å². The van der Waals surface area contributed by atoms with Crippen molar-refractivity contribution in [3.05, 3.63) is 53.3 Å². The molecule has 0 atom stereocenters. The van der Waals surface area contributed by atoms with Crippen molar-refractivity contribution in [2.75, 3.05) is 5.32 Å². The Bertz CT molecular complexity index is 1210. The van der Waals surface area contributed by atoms with E-state index in [1.54, 1.807) is 0 Å². The van der Waals surface area contributed by atoms with Crippen LogP contribution < -0.4 is 5.32 Å². The molecule has 29 heavy (non-hydrogen) atoms. The van der Waals surface area contributed by atoms with Crippen LogP contribution in [0, 0.1) is 0 Å². The largest absolute Gasteiger partial charge is 0.350 e. The number of fused-ring (bicyclic) bond motifs is 4. The van der Waals surface area contributed by atoms with Crippen LogP contribution in [-0.2, 0) is 19.9 Å². The molecule has 0 spiro atoms. The van der Waals surface area contributed by atoms with Crippen molar-refractivity contribution < 1.29 is 0 Å². The van der Waals surface area contributed by atoms with Crippen molar-refractivity contribution >= 4 is 33.4 Å². The first-order chi connectivity index (χ1) is 14.3. The molecule has 2 aliphatic carbocycles. The molecule has 2 aliphatic rings. The molecule has 1 fully saturated rings. The number of pyridine rings is 1. The minimum Gasteiger partial charge on any atom is -0.350 e. The minimum atomic E-state index is 0.707. The minimum absolute atomic E-state index is 0.707. The van der Waals surface area contributed by atoms with Crippen molar-refractivity contribution in [1.29, 1.82) is 0 Å². The predicted octanol–water partition coefficient (Wildman–Crippen LogP) is 6.33. The number of benzene rings is 1. The SMILES string of the molecule is Cn1cc(C2CCCCC2)c2cc(Nc3ccc4c5c([nH]c4n3)CCC5)ccc21. The highest BCUT2D eigenvalue weighted by Gasteiger charge is 2.20. The number of hydrogen-bond donors (Lipinski definition) is 2. The third-order valence-corrected chi connectivity index (χ3v) is 7.05. The molecule has 0 amide bonds. The number of anilines is 2. The summed E-state index contributed by atoms with van der Waals surface area (Å²) in [6.45, 7) is 0. The van der Waals surface area contributed by atoms with E-state index in [0.29, 0.717) is 5.92 Å². The molecule has 6 rings (SSSR count). The summed E-state index contributed by atoms with van der Waals surface area (Å²) in [5, 5.41) is 6.24. The Kier molecular flexibility index (Phi) is 3.93. The first kappa shape index (κ1) is 17.1. The van der Waals surface area contributed by atoms with Crippen LogP contribution in [0.2, 0.25) is 0 Å². The number of nitrogens with one attached hydrogen (secondary N) is 2. The number of aryl methyl sites for hydroxylation is 3. The van der Waals surface area contributed by atoms with Crippen molar-refractivity contribution in [3.8, 4) is 0 Å². The summed E-state index contributed by atoms with van der Waals surface area (Å²) < 4.78 is 2.29. The maximum Gasteiger partial charge on any atom is 0.140 e. The number of aromatic amines is 1. The molecule has 148 valence electrons. The lowest BCUT2D eigenvalue weighted by molar-refractivity contribution is 0.445. The molecule has 0 bridgehead atoms. The monoisotopic (exact) mass is 384 g/mol. The standard InChI is InChI=1S/C25H28N4/c1-29-15-21(16-6-3-2-4-7-16)20-14-17(10-12-23(20)29)26-24-13-11-19-18-8-5-9-22(18)27-25(19)28-24/h10-16H,2-9H2,1H3,(H2,26,27,28). The molecular formula is C25H28N4. The molecule has 4 heteroatoms. The van der Waals surface area contributed by atoms with Gasteiger partial charge in [0, 0.05) is 40.9 Å². The van der Waals surface area contributed by atoms with E-state index >= 15 is 0 Å². The Morgan fingerprint density at radius 1 is 1.00 bits per heavy atom. The average Bonchev–Trinajstić information content (AvgIpc) is 3.42. The third kappa shape index (κ3) is 2.85. The molecule has 0 radical (unpaired) electrons. The molecule has 1 saturated carbocycles. The third-order valence-electron chi connectivity index (χ3n) is 7.05. The number of aromatic nitrogens is 3. The van der Waals surface area contributed by atoms with Crippen molar-refractivity contribution in [2.45, 2.75) is 57.3 Å². The quantitative estimate of drug-likeness (QED) is 0.433. The second kappa shape index (κ2) is 6.65. The molecule has 4 nitrogen and oxygen atoms in total. The van der Waals surface area contributed by atoms with Gasteiger partial charge in [-0.3, -0.25) is 0 Å². The fourth-order valence-corrected chi connectivity index (χ4v) is 5.58. The van der Waals surface area contributed by atoms with Gasteiger partial charge >= 0.3 is 0 Å². The van der Waals surface area contributed by atoms with Gasteiger partial charge in [-0.1, -0.05) is 19.3 Å². The number of hydrogen-bond acceptors (Lipinski definition) is 2. The highest BCUT2D eigenvalue weighted by Crippen LogP contribution is 2.38. The van der Waals surface area contributed by atoms with E-state index < -0.39 is 0 Å².